The van der Waals surface area contributed by atoms with Crippen molar-refractivity contribution >= 4 is 17.4 Å². The first-order chi connectivity index (χ1) is 12.5. The number of halogens is 1. The molecule has 0 radical (unpaired) electrons. The van der Waals surface area contributed by atoms with Gasteiger partial charge in [-0.3, -0.25) is 19.8 Å². The number of benzene rings is 1. The van der Waals surface area contributed by atoms with E-state index in [-0.39, 0.29) is 12.2 Å². The Kier molecular flexibility index (Phi) is 4.03. The summed E-state index contributed by atoms with van der Waals surface area (Å²) in [7, 11) is 0. The van der Waals surface area contributed by atoms with Crippen LogP contribution in [0.1, 0.15) is 49.7 Å². The lowest BCUT2D eigenvalue weighted by molar-refractivity contribution is -0.136. The van der Waals surface area contributed by atoms with Crippen LogP contribution in [0.2, 0.25) is 0 Å². The number of hydrogen-bond donors (Lipinski definition) is 2. The maximum absolute atomic E-state index is 14.1. The molecule has 5 nitrogen and oxygen atoms in total. The standard InChI is InChI=1S/C20H21FN2O3/c1-11-14(3-2-4-15(11)21)20(19(25)23-26)8-7-16-13(10-20)18(24)9-17(22-16)12-5-6-12/h2-4,12,26H,5-10H2,1H3,(H,23,25). The molecule has 1 heterocycles. The van der Waals surface area contributed by atoms with E-state index in [0.717, 1.165) is 24.3 Å². The molecule has 1 aromatic rings. The highest BCUT2D eigenvalue weighted by Gasteiger charge is 2.47. The molecule has 0 bridgehead atoms. The van der Waals surface area contributed by atoms with Gasteiger partial charge in [-0.25, -0.2) is 9.87 Å². The van der Waals surface area contributed by atoms with Gasteiger partial charge in [0, 0.05) is 23.4 Å². The van der Waals surface area contributed by atoms with Gasteiger partial charge in [-0.1, -0.05) is 12.1 Å². The molecule has 136 valence electrons. The van der Waals surface area contributed by atoms with Crippen LogP contribution in [0.3, 0.4) is 0 Å². The third-order valence-electron chi connectivity index (χ3n) is 5.94. The maximum Gasteiger partial charge on any atom is 0.254 e. The van der Waals surface area contributed by atoms with E-state index in [1.165, 1.54) is 6.07 Å². The predicted octanol–water partition coefficient (Wildman–Crippen LogP) is 3.14. The molecule has 2 aliphatic carbocycles. The zero-order valence-corrected chi connectivity index (χ0v) is 14.6. The number of Topliss-reactive ketones (excluding diaryl/α,β-unsaturated/α-hetero) is 1. The number of hydrogen-bond acceptors (Lipinski definition) is 4. The highest BCUT2D eigenvalue weighted by Crippen LogP contribution is 2.47. The lowest BCUT2D eigenvalue weighted by atomic mass is 9.65. The molecule has 0 aromatic heterocycles. The van der Waals surface area contributed by atoms with Crippen molar-refractivity contribution in [1.82, 2.24) is 5.48 Å². The number of ketones is 1. The van der Waals surface area contributed by atoms with Crippen LogP contribution in [0.25, 0.3) is 0 Å². The second-order valence-electron chi connectivity index (χ2n) is 7.51. The number of nitrogens with zero attached hydrogens (tertiary/aromatic N) is 1. The van der Waals surface area contributed by atoms with Crippen LogP contribution >= 0.6 is 0 Å². The van der Waals surface area contributed by atoms with Gasteiger partial charge in [0.05, 0.1) is 5.41 Å². The fourth-order valence-corrected chi connectivity index (χ4v) is 4.27. The minimum atomic E-state index is -1.16. The van der Waals surface area contributed by atoms with E-state index >= 15 is 0 Å². The number of aliphatic imine (C=N–C) groups is 1. The Hall–Kier alpha value is -2.34. The van der Waals surface area contributed by atoms with Gasteiger partial charge in [0.15, 0.2) is 5.78 Å². The molecule has 1 saturated carbocycles. The summed E-state index contributed by atoms with van der Waals surface area (Å²) in [5.74, 6) is -0.578. The quantitative estimate of drug-likeness (QED) is 0.645. The Morgan fingerprint density at radius 3 is 2.85 bits per heavy atom. The second-order valence-corrected chi connectivity index (χ2v) is 7.51. The minimum Gasteiger partial charge on any atom is -0.294 e. The number of nitrogens with one attached hydrogen (secondary N) is 1. The van der Waals surface area contributed by atoms with Gasteiger partial charge < -0.3 is 0 Å². The van der Waals surface area contributed by atoms with Gasteiger partial charge in [0.1, 0.15) is 5.82 Å². The highest BCUT2D eigenvalue weighted by molar-refractivity contribution is 6.14. The van der Waals surface area contributed by atoms with Crippen molar-refractivity contribution < 1.29 is 19.2 Å². The van der Waals surface area contributed by atoms with Crippen molar-refractivity contribution in [2.75, 3.05) is 0 Å². The van der Waals surface area contributed by atoms with Gasteiger partial charge in [-0.15, -0.1) is 0 Å². The monoisotopic (exact) mass is 356 g/mol. The van der Waals surface area contributed by atoms with E-state index in [1.807, 2.05) is 0 Å². The summed E-state index contributed by atoms with van der Waals surface area (Å²) in [6.07, 6.45) is 3.46. The molecule has 1 aliphatic heterocycles. The molecule has 1 unspecified atom stereocenters. The van der Waals surface area contributed by atoms with Crippen molar-refractivity contribution in [3.8, 4) is 0 Å². The van der Waals surface area contributed by atoms with E-state index in [4.69, 9.17) is 4.99 Å². The molecular weight excluding hydrogens is 335 g/mol. The van der Waals surface area contributed by atoms with Gasteiger partial charge >= 0.3 is 0 Å². The van der Waals surface area contributed by atoms with Crippen LogP contribution in [0.5, 0.6) is 0 Å². The normalized spacial score (nSPS) is 25.7. The predicted molar refractivity (Wildman–Crippen MR) is 93.4 cm³/mol. The topological polar surface area (TPSA) is 78.8 Å². The highest BCUT2D eigenvalue weighted by atomic mass is 19.1. The fourth-order valence-electron chi connectivity index (χ4n) is 4.27. The van der Waals surface area contributed by atoms with Gasteiger partial charge in [-0.2, -0.15) is 0 Å². The van der Waals surface area contributed by atoms with Crippen LogP contribution in [0, 0.1) is 18.7 Å². The van der Waals surface area contributed by atoms with Gasteiger partial charge in [0.25, 0.3) is 5.91 Å². The first kappa shape index (κ1) is 17.1. The number of carbonyl (C=O) groups excluding carboxylic acids is 2. The Bertz CT molecular complexity index is 870. The Morgan fingerprint density at radius 2 is 2.15 bits per heavy atom. The summed E-state index contributed by atoms with van der Waals surface area (Å²) in [5.41, 5.74) is 3.73. The lowest BCUT2D eigenvalue weighted by Gasteiger charge is -2.38. The molecule has 0 spiro atoms. The first-order valence-electron chi connectivity index (χ1n) is 8.99. The molecule has 0 saturated heterocycles. The van der Waals surface area contributed by atoms with Crippen molar-refractivity contribution in [3.05, 3.63) is 46.4 Å². The number of hydroxylamine groups is 1. The fraction of sp³-hybridized carbons (Fsp3) is 0.450. The third kappa shape index (κ3) is 2.60. The number of rotatable bonds is 3. The minimum absolute atomic E-state index is 0.000714. The summed E-state index contributed by atoms with van der Waals surface area (Å²) in [6, 6.07) is 4.60. The van der Waals surface area contributed by atoms with E-state index in [9.17, 15) is 19.2 Å². The molecular formula is C20H21FN2O3. The summed E-state index contributed by atoms with van der Waals surface area (Å²) in [4.78, 5) is 30.1. The van der Waals surface area contributed by atoms with Gasteiger partial charge in [-0.05, 0) is 62.1 Å². The second kappa shape index (κ2) is 6.13. The van der Waals surface area contributed by atoms with Crippen molar-refractivity contribution in [2.45, 2.75) is 50.9 Å². The number of amides is 1. The van der Waals surface area contributed by atoms with E-state index in [1.54, 1.807) is 24.5 Å². The summed E-state index contributed by atoms with van der Waals surface area (Å²) < 4.78 is 14.1. The molecule has 1 amide bonds. The summed E-state index contributed by atoms with van der Waals surface area (Å²) in [5, 5.41) is 9.34. The summed E-state index contributed by atoms with van der Waals surface area (Å²) in [6.45, 7) is 1.62. The number of allylic oxidation sites excluding steroid dienone is 2. The zero-order valence-electron chi connectivity index (χ0n) is 14.6. The van der Waals surface area contributed by atoms with Crippen molar-refractivity contribution in [2.24, 2.45) is 10.9 Å². The smallest absolute Gasteiger partial charge is 0.254 e. The molecule has 26 heavy (non-hydrogen) atoms. The molecule has 1 fully saturated rings. The first-order valence-corrected chi connectivity index (χ1v) is 8.99. The molecule has 3 aliphatic rings. The van der Waals surface area contributed by atoms with E-state index in [0.29, 0.717) is 41.9 Å². The van der Waals surface area contributed by atoms with Crippen molar-refractivity contribution in [1.29, 1.82) is 0 Å². The SMILES string of the molecule is Cc1c(F)cccc1C1(C(=O)NO)CCC2=C(C1)C(=O)CC(C1CC1)=N2. The largest absolute Gasteiger partial charge is 0.294 e. The van der Waals surface area contributed by atoms with Crippen LogP contribution in [0.4, 0.5) is 4.39 Å². The molecule has 1 aromatic carbocycles. The van der Waals surface area contributed by atoms with Crippen molar-refractivity contribution in [3.63, 3.8) is 0 Å². The average molecular weight is 356 g/mol. The van der Waals surface area contributed by atoms with Crippen LogP contribution in [0.15, 0.2) is 34.5 Å². The maximum atomic E-state index is 14.1. The van der Waals surface area contributed by atoms with Gasteiger partial charge in [0.2, 0.25) is 0 Å². The van der Waals surface area contributed by atoms with Crippen LogP contribution < -0.4 is 5.48 Å². The molecule has 6 heteroatoms. The number of carbonyl (C=O) groups is 2. The van der Waals surface area contributed by atoms with E-state index in [2.05, 4.69) is 0 Å². The zero-order chi connectivity index (χ0) is 18.5. The molecule has 4 rings (SSSR count). The Labute approximate surface area is 151 Å². The molecule has 2 N–H and O–H groups in total. The lowest BCUT2D eigenvalue weighted by Crippen LogP contribution is -2.47. The average Bonchev–Trinajstić information content (AvgIpc) is 3.48. The summed E-state index contributed by atoms with van der Waals surface area (Å²) >= 11 is 0. The van der Waals surface area contributed by atoms with E-state index < -0.39 is 17.1 Å². The third-order valence-corrected chi connectivity index (χ3v) is 5.94. The van der Waals surface area contributed by atoms with Crippen LogP contribution in [-0.4, -0.2) is 22.6 Å². The van der Waals surface area contributed by atoms with Crippen LogP contribution in [-0.2, 0) is 15.0 Å². The Balaban J connectivity index is 1.80. The Morgan fingerprint density at radius 1 is 1.38 bits per heavy atom. The molecule has 1 atom stereocenters.